The smallest absolute Gasteiger partial charge is 0.234 e. The lowest BCUT2D eigenvalue weighted by atomic mass is 10.1. The molecule has 0 spiro atoms. The van der Waals surface area contributed by atoms with Gasteiger partial charge in [-0.05, 0) is 50.2 Å². The van der Waals surface area contributed by atoms with Crippen molar-refractivity contribution in [1.82, 2.24) is 10.2 Å². The topological polar surface area (TPSA) is 45.5 Å². The normalized spacial score (nSPS) is 10.9. The van der Waals surface area contributed by atoms with Crippen molar-refractivity contribution < 1.29 is 9.21 Å². The largest absolute Gasteiger partial charge is 0.465 e. The van der Waals surface area contributed by atoms with Gasteiger partial charge in [-0.1, -0.05) is 23.7 Å². The summed E-state index contributed by atoms with van der Waals surface area (Å²) < 4.78 is 5.50. The standard InChI is InChI=1S/C17H21ClN2O2/c1-13-3-8-16(22-13)11-20(2)12-17(21)19-10-9-14-4-6-15(18)7-5-14/h3-8H,9-12H2,1-2H3,(H,19,21). The second kappa shape index (κ2) is 8.01. The van der Waals surface area contributed by atoms with Gasteiger partial charge in [-0.3, -0.25) is 9.69 Å². The summed E-state index contributed by atoms with van der Waals surface area (Å²) in [6.07, 6.45) is 0.796. The average molecular weight is 321 g/mol. The Bertz CT molecular complexity index is 607. The molecular weight excluding hydrogens is 300 g/mol. The zero-order valence-electron chi connectivity index (χ0n) is 12.9. The van der Waals surface area contributed by atoms with Crippen LogP contribution in [0.15, 0.2) is 40.8 Å². The van der Waals surface area contributed by atoms with Gasteiger partial charge in [-0.2, -0.15) is 0 Å². The highest BCUT2D eigenvalue weighted by atomic mass is 35.5. The predicted octanol–water partition coefficient (Wildman–Crippen LogP) is 3.03. The molecule has 1 aromatic carbocycles. The number of carbonyl (C=O) groups excluding carboxylic acids is 1. The minimum Gasteiger partial charge on any atom is -0.465 e. The Morgan fingerprint density at radius 1 is 1.23 bits per heavy atom. The molecule has 0 aliphatic carbocycles. The number of hydrogen-bond acceptors (Lipinski definition) is 3. The fourth-order valence-electron chi connectivity index (χ4n) is 2.19. The van der Waals surface area contributed by atoms with Crippen molar-refractivity contribution in [3.05, 3.63) is 58.5 Å². The van der Waals surface area contributed by atoms with E-state index in [-0.39, 0.29) is 5.91 Å². The quantitative estimate of drug-likeness (QED) is 0.853. The molecule has 0 bridgehead atoms. The number of carbonyl (C=O) groups is 1. The number of aryl methyl sites for hydroxylation is 1. The fourth-order valence-corrected chi connectivity index (χ4v) is 2.32. The lowest BCUT2D eigenvalue weighted by Gasteiger charge is -2.14. The van der Waals surface area contributed by atoms with Crippen molar-refractivity contribution in [2.75, 3.05) is 20.1 Å². The maximum absolute atomic E-state index is 11.9. The first-order valence-electron chi connectivity index (χ1n) is 7.28. The van der Waals surface area contributed by atoms with Crippen LogP contribution in [-0.4, -0.2) is 30.9 Å². The highest BCUT2D eigenvalue weighted by molar-refractivity contribution is 6.30. The average Bonchev–Trinajstić information content (AvgIpc) is 2.86. The van der Waals surface area contributed by atoms with Crippen LogP contribution < -0.4 is 5.32 Å². The first kappa shape index (κ1) is 16.6. The summed E-state index contributed by atoms with van der Waals surface area (Å²) in [6, 6.07) is 11.5. The van der Waals surface area contributed by atoms with E-state index in [0.717, 1.165) is 28.5 Å². The molecule has 0 radical (unpaired) electrons. The van der Waals surface area contributed by atoms with Gasteiger partial charge in [0.05, 0.1) is 13.1 Å². The van der Waals surface area contributed by atoms with Crippen molar-refractivity contribution >= 4 is 17.5 Å². The third-order valence-corrected chi connectivity index (χ3v) is 3.54. The molecule has 22 heavy (non-hydrogen) atoms. The Labute approximate surface area is 136 Å². The summed E-state index contributed by atoms with van der Waals surface area (Å²) in [7, 11) is 1.90. The number of nitrogens with zero attached hydrogens (tertiary/aromatic N) is 1. The van der Waals surface area contributed by atoms with Crippen LogP contribution >= 0.6 is 11.6 Å². The SMILES string of the molecule is Cc1ccc(CN(C)CC(=O)NCCc2ccc(Cl)cc2)o1. The zero-order chi connectivity index (χ0) is 15.9. The van der Waals surface area contributed by atoms with Gasteiger partial charge in [0, 0.05) is 11.6 Å². The zero-order valence-corrected chi connectivity index (χ0v) is 13.7. The summed E-state index contributed by atoms with van der Waals surface area (Å²) in [5.74, 6) is 1.77. The van der Waals surface area contributed by atoms with Crippen LogP contribution in [0.5, 0.6) is 0 Å². The molecule has 1 amide bonds. The molecule has 0 saturated heterocycles. The van der Waals surface area contributed by atoms with Crippen LogP contribution in [0.1, 0.15) is 17.1 Å². The summed E-state index contributed by atoms with van der Waals surface area (Å²) in [6.45, 7) is 3.50. The first-order chi connectivity index (χ1) is 10.5. The molecule has 2 aromatic rings. The molecule has 5 heteroatoms. The Hall–Kier alpha value is -1.78. The number of benzene rings is 1. The highest BCUT2D eigenvalue weighted by Crippen LogP contribution is 2.10. The van der Waals surface area contributed by atoms with E-state index in [9.17, 15) is 4.79 Å². The van der Waals surface area contributed by atoms with Gasteiger partial charge in [-0.25, -0.2) is 0 Å². The molecular formula is C17H21ClN2O2. The highest BCUT2D eigenvalue weighted by Gasteiger charge is 2.08. The number of likely N-dealkylation sites (N-methyl/N-ethyl adjacent to an activating group) is 1. The summed E-state index contributed by atoms with van der Waals surface area (Å²) in [4.78, 5) is 13.8. The Morgan fingerprint density at radius 2 is 1.95 bits per heavy atom. The number of hydrogen-bond donors (Lipinski definition) is 1. The van der Waals surface area contributed by atoms with Gasteiger partial charge in [0.15, 0.2) is 0 Å². The molecule has 1 aromatic heterocycles. The van der Waals surface area contributed by atoms with Crippen LogP contribution in [0.2, 0.25) is 5.02 Å². The van der Waals surface area contributed by atoms with Crippen molar-refractivity contribution in [2.45, 2.75) is 19.9 Å². The molecule has 2 rings (SSSR count). The molecule has 0 fully saturated rings. The van der Waals surface area contributed by atoms with E-state index in [0.29, 0.717) is 19.6 Å². The number of halogens is 1. The van der Waals surface area contributed by atoms with E-state index in [4.69, 9.17) is 16.0 Å². The third kappa shape index (κ3) is 5.54. The summed E-state index contributed by atoms with van der Waals surface area (Å²) in [5.41, 5.74) is 1.16. The van der Waals surface area contributed by atoms with Crippen LogP contribution in [0.4, 0.5) is 0 Å². The van der Waals surface area contributed by atoms with Gasteiger partial charge < -0.3 is 9.73 Å². The molecule has 1 heterocycles. The second-order valence-electron chi connectivity index (χ2n) is 5.41. The van der Waals surface area contributed by atoms with Crippen LogP contribution in [0.3, 0.4) is 0 Å². The minimum absolute atomic E-state index is 0.0136. The molecule has 0 saturated carbocycles. The molecule has 118 valence electrons. The van der Waals surface area contributed by atoms with Crippen LogP contribution in [-0.2, 0) is 17.8 Å². The van der Waals surface area contributed by atoms with Gasteiger partial charge in [0.25, 0.3) is 0 Å². The van der Waals surface area contributed by atoms with Crippen molar-refractivity contribution in [3.63, 3.8) is 0 Å². The van der Waals surface area contributed by atoms with Crippen LogP contribution in [0.25, 0.3) is 0 Å². The minimum atomic E-state index is 0.0136. The lowest BCUT2D eigenvalue weighted by molar-refractivity contribution is -0.122. The Morgan fingerprint density at radius 3 is 2.59 bits per heavy atom. The van der Waals surface area contributed by atoms with Gasteiger partial charge in [0.1, 0.15) is 11.5 Å². The van der Waals surface area contributed by atoms with Gasteiger partial charge >= 0.3 is 0 Å². The number of amides is 1. The van der Waals surface area contributed by atoms with Crippen molar-refractivity contribution in [1.29, 1.82) is 0 Å². The van der Waals surface area contributed by atoms with Crippen LogP contribution in [0, 0.1) is 6.92 Å². The number of rotatable bonds is 7. The molecule has 0 aliphatic rings. The number of furan rings is 1. The molecule has 1 N–H and O–H groups in total. The molecule has 0 atom stereocenters. The molecule has 4 nitrogen and oxygen atoms in total. The van der Waals surface area contributed by atoms with E-state index in [1.54, 1.807) is 0 Å². The molecule has 0 unspecified atom stereocenters. The Kier molecular flexibility index (Phi) is 6.04. The summed E-state index contributed by atoms with van der Waals surface area (Å²) >= 11 is 5.84. The van der Waals surface area contributed by atoms with Gasteiger partial charge in [0.2, 0.25) is 5.91 Å². The van der Waals surface area contributed by atoms with Crippen molar-refractivity contribution in [2.24, 2.45) is 0 Å². The van der Waals surface area contributed by atoms with E-state index in [1.807, 2.05) is 55.3 Å². The van der Waals surface area contributed by atoms with E-state index in [1.165, 1.54) is 0 Å². The fraction of sp³-hybridized carbons (Fsp3) is 0.353. The maximum Gasteiger partial charge on any atom is 0.234 e. The number of nitrogens with one attached hydrogen (secondary N) is 1. The third-order valence-electron chi connectivity index (χ3n) is 3.28. The monoisotopic (exact) mass is 320 g/mol. The lowest BCUT2D eigenvalue weighted by Crippen LogP contribution is -2.35. The van der Waals surface area contributed by atoms with E-state index >= 15 is 0 Å². The molecule has 0 aliphatic heterocycles. The van der Waals surface area contributed by atoms with E-state index < -0.39 is 0 Å². The maximum atomic E-state index is 11.9. The Balaban J connectivity index is 1.67. The van der Waals surface area contributed by atoms with E-state index in [2.05, 4.69) is 5.32 Å². The first-order valence-corrected chi connectivity index (χ1v) is 7.66. The summed E-state index contributed by atoms with van der Waals surface area (Å²) in [5, 5.41) is 3.65. The second-order valence-corrected chi connectivity index (χ2v) is 5.85. The predicted molar refractivity (Wildman–Crippen MR) is 87.9 cm³/mol. The van der Waals surface area contributed by atoms with Gasteiger partial charge in [-0.15, -0.1) is 0 Å². The van der Waals surface area contributed by atoms with Crippen molar-refractivity contribution in [3.8, 4) is 0 Å².